The van der Waals surface area contributed by atoms with Crippen LogP contribution in [0.5, 0.6) is 11.6 Å². The van der Waals surface area contributed by atoms with Crippen LogP contribution in [0.3, 0.4) is 0 Å². The Morgan fingerprint density at radius 2 is 1.71 bits per heavy atom. The van der Waals surface area contributed by atoms with Crippen molar-refractivity contribution in [3.63, 3.8) is 0 Å². The second-order valence-electron chi connectivity index (χ2n) is 10.2. The van der Waals surface area contributed by atoms with Gasteiger partial charge in [0.15, 0.2) is 0 Å². The average Bonchev–Trinajstić information content (AvgIpc) is 3.00. The lowest BCUT2D eigenvalue weighted by Gasteiger charge is -2.37. The summed E-state index contributed by atoms with van der Waals surface area (Å²) in [6.45, 7) is 8.57. The molecular weight excluding hydrogens is 558 g/mol. The predicted molar refractivity (Wildman–Crippen MR) is 171 cm³/mol. The summed E-state index contributed by atoms with van der Waals surface area (Å²) in [7, 11) is 10.1. The van der Waals surface area contributed by atoms with Gasteiger partial charge in [-0.2, -0.15) is 4.98 Å². The van der Waals surface area contributed by atoms with Gasteiger partial charge in [0.25, 0.3) is 0 Å². The zero-order valence-electron chi connectivity index (χ0n) is 25.7. The smallest absolute Gasteiger partial charge is 0.237 e. The minimum atomic E-state index is 0.104. The van der Waals surface area contributed by atoms with Crippen LogP contribution in [0.15, 0.2) is 31.0 Å². The van der Waals surface area contributed by atoms with E-state index in [1.165, 1.54) is 13.0 Å². The molecule has 12 heteroatoms. The van der Waals surface area contributed by atoms with Gasteiger partial charge in [-0.3, -0.25) is 4.79 Å². The van der Waals surface area contributed by atoms with E-state index in [-0.39, 0.29) is 6.10 Å². The molecule has 2 saturated heterocycles. The lowest BCUT2D eigenvalue weighted by atomic mass is 10.0. The first-order chi connectivity index (χ1) is 20.2. The Bertz CT molecular complexity index is 1130. The van der Waals surface area contributed by atoms with Crippen LogP contribution in [0.2, 0.25) is 5.02 Å². The maximum atomic E-state index is 9.06. The van der Waals surface area contributed by atoms with Gasteiger partial charge in [0.05, 0.1) is 30.4 Å². The van der Waals surface area contributed by atoms with Crippen LogP contribution in [0.25, 0.3) is 0 Å². The molecular formula is C30H46ClN7O4. The Hall–Kier alpha value is -3.41. The molecule has 11 nitrogen and oxygen atoms in total. The number of carbonyl (C=O) groups is 2. The molecule has 0 spiro atoms. The first-order valence-electron chi connectivity index (χ1n) is 14.1. The number of anilines is 4. The molecule has 1 aromatic carbocycles. The van der Waals surface area contributed by atoms with Crippen LogP contribution in [0, 0.1) is 0 Å². The number of methoxy groups -OCH3 is 1. The quantitative estimate of drug-likeness (QED) is 0.312. The molecule has 0 saturated carbocycles. The molecule has 3 heterocycles. The van der Waals surface area contributed by atoms with E-state index in [0.717, 1.165) is 81.0 Å². The molecule has 2 aromatic rings. The molecule has 0 amide bonds. The van der Waals surface area contributed by atoms with Gasteiger partial charge in [-0.25, -0.2) is 4.98 Å². The first kappa shape index (κ1) is 34.8. The normalized spacial score (nSPS) is 15.9. The van der Waals surface area contributed by atoms with E-state index in [9.17, 15) is 0 Å². The van der Waals surface area contributed by atoms with Crippen molar-refractivity contribution >= 4 is 47.2 Å². The molecule has 4 rings (SSSR count). The van der Waals surface area contributed by atoms with E-state index >= 15 is 0 Å². The Morgan fingerprint density at radius 1 is 1.10 bits per heavy atom. The standard InChI is InChI=1S/C25H38ClN7O2.C3H4O.C2H4O/c1-27-20-14-21(23(34-5)15-22(20)33-12-6-17(7-13-33)31(2)3)29-25-28-16-19(26)24(30-25)35-18-8-10-32(4)11-9-18;1-2-3-4;1-2-3/h14-18,27H,6-13H2,1-5H3,(H,28,29,30);2-3H,1H2;2H,1H3. The lowest BCUT2D eigenvalue weighted by Crippen LogP contribution is -2.42. The number of rotatable bonds is 9. The molecule has 2 aliphatic heterocycles. The van der Waals surface area contributed by atoms with Crippen LogP contribution in [0.1, 0.15) is 32.6 Å². The van der Waals surface area contributed by atoms with Crippen LogP contribution in [-0.4, -0.2) is 106 Å². The number of halogens is 1. The molecule has 0 unspecified atom stereocenters. The summed E-state index contributed by atoms with van der Waals surface area (Å²) in [5, 5.41) is 7.06. The highest BCUT2D eigenvalue weighted by molar-refractivity contribution is 6.31. The summed E-state index contributed by atoms with van der Waals surface area (Å²) in [6.07, 6.45) is 8.44. The van der Waals surface area contributed by atoms with Crippen molar-refractivity contribution < 1.29 is 19.1 Å². The summed E-state index contributed by atoms with van der Waals surface area (Å²) in [6, 6.07) is 4.75. The molecule has 2 fully saturated rings. The number of piperidine rings is 2. The summed E-state index contributed by atoms with van der Waals surface area (Å²) < 4.78 is 11.9. The molecule has 232 valence electrons. The molecule has 0 aliphatic carbocycles. The number of aldehydes is 2. The summed E-state index contributed by atoms with van der Waals surface area (Å²) in [5.41, 5.74) is 2.93. The van der Waals surface area contributed by atoms with E-state index in [1.807, 2.05) is 13.1 Å². The van der Waals surface area contributed by atoms with Crippen LogP contribution >= 0.6 is 11.6 Å². The third kappa shape index (κ3) is 10.5. The maximum absolute atomic E-state index is 9.06. The molecule has 42 heavy (non-hydrogen) atoms. The van der Waals surface area contributed by atoms with Gasteiger partial charge in [-0.05, 0) is 65.9 Å². The summed E-state index contributed by atoms with van der Waals surface area (Å²) in [4.78, 5) is 33.8. The molecule has 0 bridgehead atoms. The van der Waals surface area contributed by atoms with Crippen LogP contribution in [0.4, 0.5) is 23.0 Å². The number of aromatic nitrogens is 2. The fraction of sp³-hybridized carbons (Fsp3) is 0.533. The van der Waals surface area contributed by atoms with Crippen LogP contribution < -0.4 is 25.0 Å². The fourth-order valence-electron chi connectivity index (χ4n) is 4.80. The van der Waals surface area contributed by atoms with Crippen molar-refractivity contribution in [2.24, 2.45) is 0 Å². The number of ether oxygens (including phenoxy) is 2. The van der Waals surface area contributed by atoms with Gasteiger partial charge in [-0.1, -0.05) is 18.2 Å². The third-order valence-corrected chi connectivity index (χ3v) is 7.38. The van der Waals surface area contributed by atoms with Crippen molar-refractivity contribution in [1.29, 1.82) is 0 Å². The van der Waals surface area contributed by atoms with Crippen molar-refractivity contribution in [2.75, 3.05) is 77.0 Å². The Balaban J connectivity index is 0.000000797. The minimum Gasteiger partial charge on any atom is -0.494 e. The SMILES string of the molecule is C=CC=O.CC=O.CNc1cc(Nc2ncc(Cl)c(OC3CCN(C)CC3)n2)c(OC)cc1N1CCC(N(C)C)CC1. The van der Waals surface area contributed by atoms with Crippen LogP contribution in [-0.2, 0) is 9.59 Å². The molecule has 1 aromatic heterocycles. The minimum absolute atomic E-state index is 0.104. The van der Waals surface area contributed by atoms with Gasteiger partial charge in [0.1, 0.15) is 29.4 Å². The van der Waals surface area contributed by atoms with Gasteiger partial charge < -0.3 is 39.6 Å². The van der Waals surface area contributed by atoms with Crippen molar-refractivity contribution in [3.05, 3.63) is 36.0 Å². The second-order valence-corrected chi connectivity index (χ2v) is 10.6. The first-order valence-corrected chi connectivity index (χ1v) is 14.5. The van der Waals surface area contributed by atoms with Gasteiger partial charge in [0, 0.05) is 45.3 Å². The fourth-order valence-corrected chi connectivity index (χ4v) is 4.93. The van der Waals surface area contributed by atoms with E-state index in [4.69, 9.17) is 30.7 Å². The summed E-state index contributed by atoms with van der Waals surface area (Å²) >= 11 is 6.36. The number of allylic oxidation sites excluding steroid dienone is 1. The number of hydrogen-bond acceptors (Lipinski definition) is 11. The highest BCUT2D eigenvalue weighted by Crippen LogP contribution is 2.39. The third-order valence-electron chi connectivity index (χ3n) is 7.12. The molecule has 2 N–H and O–H groups in total. The largest absolute Gasteiger partial charge is 0.494 e. The molecule has 0 radical (unpaired) electrons. The highest BCUT2D eigenvalue weighted by Gasteiger charge is 2.24. The Kier molecular flexibility index (Phi) is 15.1. The van der Waals surface area contributed by atoms with Crippen molar-refractivity contribution in [3.8, 4) is 11.6 Å². The second kappa shape index (κ2) is 18.2. The zero-order valence-corrected chi connectivity index (χ0v) is 26.5. The molecule has 0 atom stereocenters. The molecule has 2 aliphatic rings. The van der Waals surface area contributed by atoms with E-state index in [1.54, 1.807) is 13.3 Å². The number of nitrogens with zero attached hydrogens (tertiary/aromatic N) is 5. The number of benzene rings is 1. The number of carbonyl (C=O) groups excluding carboxylic acids is 2. The predicted octanol–water partition coefficient (Wildman–Crippen LogP) is 4.50. The van der Waals surface area contributed by atoms with Gasteiger partial charge >= 0.3 is 0 Å². The average molecular weight is 604 g/mol. The lowest BCUT2D eigenvalue weighted by molar-refractivity contribution is -0.106. The topological polar surface area (TPSA) is 112 Å². The number of nitrogens with one attached hydrogen (secondary N) is 2. The maximum Gasteiger partial charge on any atom is 0.237 e. The van der Waals surface area contributed by atoms with Gasteiger partial charge in [0.2, 0.25) is 11.8 Å². The highest BCUT2D eigenvalue weighted by atomic mass is 35.5. The zero-order chi connectivity index (χ0) is 31.1. The van der Waals surface area contributed by atoms with Crippen molar-refractivity contribution in [2.45, 2.75) is 44.8 Å². The van der Waals surface area contributed by atoms with Gasteiger partial charge in [-0.15, -0.1) is 0 Å². The Morgan fingerprint density at radius 3 is 2.24 bits per heavy atom. The monoisotopic (exact) mass is 603 g/mol. The Labute approximate surface area is 255 Å². The van der Waals surface area contributed by atoms with E-state index in [2.05, 4.69) is 69.1 Å². The van der Waals surface area contributed by atoms with E-state index < -0.39 is 0 Å². The number of likely N-dealkylation sites (tertiary alicyclic amines) is 1. The summed E-state index contributed by atoms with van der Waals surface area (Å²) in [5.74, 6) is 1.55. The number of hydrogen-bond donors (Lipinski definition) is 2. The van der Waals surface area contributed by atoms with Crippen molar-refractivity contribution in [1.82, 2.24) is 19.8 Å². The van der Waals surface area contributed by atoms with E-state index in [0.29, 0.717) is 29.2 Å².